The normalized spacial score (nSPS) is 13.4. The molecule has 3 N–H and O–H groups in total. The van der Waals surface area contributed by atoms with Crippen LogP contribution >= 0.6 is 0 Å². The van der Waals surface area contributed by atoms with E-state index in [0.29, 0.717) is 40.0 Å². The average Bonchev–Trinajstić information content (AvgIpc) is 3.42. The van der Waals surface area contributed by atoms with Gasteiger partial charge in [-0.2, -0.15) is 5.10 Å². The number of carbonyl (C=O) groups excluding carboxylic acids is 1. The molecule has 1 aliphatic carbocycles. The summed E-state index contributed by atoms with van der Waals surface area (Å²) < 4.78 is 21.8. The van der Waals surface area contributed by atoms with Crippen molar-refractivity contribution in [3.05, 3.63) is 42.6 Å². The number of aryl methyl sites for hydroxylation is 1. The number of ether oxygens (including phenoxy) is 1. The summed E-state index contributed by atoms with van der Waals surface area (Å²) in [6.07, 6.45) is 4.59. The van der Waals surface area contributed by atoms with E-state index in [0.717, 1.165) is 12.8 Å². The number of carbonyl (C=O) groups is 1. The van der Waals surface area contributed by atoms with Crippen molar-refractivity contribution in [2.24, 2.45) is 13.0 Å². The lowest BCUT2D eigenvalue weighted by atomic mass is 10.1. The maximum atomic E-state index is 14.5. The number of methoxy groups -OCH3 is 1. The summed E-state index contributed by atoms with van der Waals surface area (Å²) in [5.74, 6) is 0.857. The van der Waals surface area contributed by atoms with E-state index in [1.54, 1.807) is 31.2 Å². The number of H-pyrrole nitrogens is 1. The van der Waals surface area contributed by atoms with Crippen molar-refractivity contribution in [3.8, 4) is 17.1 Å². The molecule has 1 aromatic carbocycles. The highest BCUT2D eigenvalue weighted by Gasteiger charge is 2.30. The van der Waals surface area contributed by atoms with Crippen LogP contribution in [0.25, 0.3) is 22.4 Å². The van der Waals surface area contributed by atoms with E-state index in [-0.39, 0.29) is 17.2 Å². The second kappa shape index (κ2) is 7.38. The molecule has 9 nitrogen and oxygen atoms in total. The topological polar surface area (TPSA) is 110 Å². The van der Waals surface area contributed by atoms with E-state index < -0.39 is 5.82 Å². The second-order valence-corrected chi connectivity index (χ2v) is 7.43. The zero-order valence-electron chi connectivity index (χ0n) is 16.9. The summed E-state index contributed by atoms with van der Waals surface area (Å²) in [6, 6.07) is 7.10. The third-order valence-corrected chi connectivity index (χ3v) is 5.12. The molecule has 0 bridgehead atoms. The number of aromatic amines is 1. The quantitative estimate of drug-likeness (QED) is 0.439. The van der Waals surface area contributed by atoms with Crippen LogP contribution in [0.3, 0.4) is 0 Å². The van der Waals surface area contributed by atoms with E-state index >= 15 is 0 Å². The molecular formula is C21H20FN7O2. The molecule has 0 atom stereocenters. The van der Waals surface area contributed by atoms with Gasteiger partial charge >= 0.3 is 0 Å². The number of pyridine rings is 1. The number of amides is 1. The predicted octanol–water partition coefficient (Wildman–Crippen LogP) is 3.60. The molecular weight excluding hydrogens is 401 g/mol. The minimum Gasteiger partial charge on any atom is -0.494 e. The van der Waals surface area contributed by atoms with Gasteiger partial charge in [-0.05, 0) is 25.0 Å². The van der Waals surface area contributed by atoms with E-state index in [1.807, 2.05) is 18.2 Å². The van der Waals surface area contributed by atoms with Gasteiger partial charge in [0, 0.05) is 25.2 Å². The molecule has 0 spiro atoms. The first-order valence-corrected chi connectivity index (χ1v) is 9.82. The maximum Gasteiger partial charge on any atom is 0.228 e. The molecule has 0 saturated heterocycles. The number of halogens is 1. The van der Waals surface area contributed by atoms with Gasteiger partial charge in [0.2, 0.25) is 5.91 Å². The van der Waals surface area contributed by atoms with Gasteiger partial charge in [0.1, 0.15) is 17.8 Å². The van der Waals surface area contributed by atoms with Gasteiger partial charge in [-0.15, -0.1) is 0 Å². The summed E-state index contributed by atoms with van der Waals surface area (Å²) in [7, 11) is 3.33. The highest BCUT2D eigenvalue weighted by Crippen LogP contribution is 2.39. The van der Waals surface area contributed by atoms with Crippen LogP contribution in [0.15, 0.2) is 36.8 Å². The molecule has 10 heteroatoms. The zero-order valence-corrected chi connectivity index (χ0v) is 16.9. The number of para-hydroxylation sites is 1. The van der Waals surface area contributed by atoms with Gasteiger partial charge in [-0.3, -0.25) is 9.48 Å². The Morgan fingerprint density at radius 1 is 1.32 bits per heavy atom. The molecule has 1 fully saturated rings. The number of rotatable bonds is 6. The fourth-order valence-corrected chi connectivity index (χ4v) is 3.47. The molecule has 0 unspecified atom stereocenters. The number of nitrogens with zero attached hydrogens (tertiary/aromatic N) is 4. The second-order valence-electron chi connectivity index (χ2n) is 7.43. The Morgan fingerprint density at radius 2 is 2.16 bits per heavy atom. The van der Waals surface area contributed by atoms with E-state index in [4.69, 9.17) is 4.74 Å². The SMILES string of the molecule is COc1c(Nc2cc(NC(=O)C3CC3)nc3[nH]cc(F)c23)cccc1-c1ncn(C)n1. The van der Waals surface area contributed by atoms with E-state index in [9.17, 15) is 9.18 Å². The number of aromatic nitrogens is 5. The smallest absolute Gasteiger partial charge is 0.228 e. The maximum absolute atomic E-state index is 14.5. The molecule has 31 heavy (non-hydrogen) atoms. The first-order valence-electron chi connectivity index (χ1n) is 9.82. The van der Waals surface area contributed by atoms with Crippen LogP contribution in [0, 0.1) is 11.7 Å². The fraction of sp³-hybridized carbons (Fsp3) is 0.238. The van der Waals surface area contributed by atoms with Crippen LogP contribution in [0.4, 0.5) is 21.6 Å². The van der Waals surface area contributed by atoms with Crippen LogP contribution in [0.2, 0.25) is 0 Å². The van der Waals surface area contributed by atoms with Crippen LogP contribution in [-0.4, -0.2) is 37.7 Å². The summed E-state index contributed by atoms with van der Waals surface area (Å²) in [4.78, 5) is 23.6. The lowest BCUT2D eigenvalue weighted by Crippen LogP contribution is -2.14. The number of nitrogens with one attached hydrogen (secondary N) is 3. The van der Waals surface area contributed by atoms with Crippen molar-refractivity contribution in [1.82, 2.24) is 24.7 Å². The zero-order chi connectivity index (χ0) is 21.5. The lowest BCUT2D eigenvalue weighted by Gasteiger charge is -2.15. The van der Waals surface area contributed by atoms with Crippen molar-refractivity contribution in [3.63, 3.8) is 0 Å². The fourth-order valence-electron chi connectivity index (χ4n) is 3.47. The number of fused-ring (bicyclic) bond motifs is 1. The van der Waals surface area contributed by atoms with Crippen LogP contribution in [-0.2, 0) is 11.8 Å². The van der Waals surface area contributed by atoms with Crippen molar-refractivity contribution < 1.29 is 13.9 Å². The average molecular weight is 421 g/mol. The largest absolute Gasteiger partial charge is 0.494 e. The third kappa shape index (κ3) is 3.56. The van der Waals surface area contributed by atoms with Gasteiger partial charge < -0.3 is 20.4 Å². The van der Waals surface area contributed by atoms with Crippen molar-refractivity contribution >= 4 is 34.1 Å². The van der Waals surface area contributed by atoms with Gasteiger partial charge in [-0.1, -0.05) is 6.07 Å². The first kappa shape index (κ1) is 19.0. The summed E-state index contributed by atoms with van der Waals surface area (Å²) >= 11 is 0. The Labute approximate surface area is 176 Å². The summed E-state index contributed by atoms with van der Waals surface area (Å²) in [6.45, 7) is 0. The Kier molecular flexibility index (Phi) is 4.54. The first-order chi connectivity index (χ1) is 15.0. The molecule has 0 aliphatic heterocycles. The molecule has 3 heterocycles. The van der Waals surface area contributed by atoms with Gasteiger partial charge in [0.25, 0.3) is 0 Å². The lowest BCUT2D eigenvalue weighted by molar-refractivity contribution is -0.117. The number of anilines is 3. The summed E-state index contributed by atoms with van der Waals surface area (Å²) in [5.41, 5.74) is 2.06. The van der Waals surface area contributed by atoms with E-state index in [2.05, 4.69) is 30.7 Å². The van der Waals surface area contributed by atoms with Gasteiger partial charge in [-0.25, -0.2) is 14.4 Å². The standard InChI is InChI=1S/C21H20FN7O2/c1-29-10-24-19(28-29)12-4-3-5-14(18(12)31-2)25-15-8-16(27-21(30)11-6-7-11)26-20-17(15)13(22)9-23-20/h3-5,8-11H,6-7H2,1-2H3,(H3,23,25,26,27,30). The number of hydrogen-bond donors (Lipinski definition) is 3. The molecule has 4 aromatic rings. The molecule has 1 amide bonds. The van der Waals surface area contributed by atoms with Crippen LogP contribution < -0.4 is 15.4 Å². The summed E-state index contributed by atoms with van der Waals surface area (Å²) in [5, 5.41) is 10.7. The van der Waals surface area contributed by atoms with E-state index in [1.165, 1.54) is 6.20 Å². The van der Waals surface area contributed by atoms with Crippen molar-refractivity contribution in [2.45, 2.75) is 12.8 Å². The Bertz CT molecular complexity index is 1290. The van der Waals surface area contributed by atoms with Crippen molar-refractivity contribution in [1.29, 1.82) is 0 Å². The number of hydrogen-bond acceptors (Lipinski definition) is 6. The van der Waals surface area contributed by atoms with Gasteiger partial charge in [0.15, 0.2) is 17.4 Å². The minimum atomic E-state index is -0.452. The Hall–Kier alpha value is -3.95. The highest BCUT2D eigenvalue weighted by molar-refractivity contribution is 5.99. The number of benzene rings is 1. The predicted molar refractivity (Wildman–Crippen MR) is 114 cm³/mol. The third-order valence-electron chi connectivity index (χ3n) is 5.12. The molecule has 1 saturated carbocycles. The molecule has 5 rings (SSSR count). The van der Waals surface area contributed by atoms with Crippen LogP contribution in [0.1, 0.15) is 12.8 Å². The Morgan fingerprint density at radius 3 is 2.87 bits per heavy atom. The molecule has 1 aliphatic rings. The van der Waals surface area contributed by atoms with Crippen molar-refractivity contribution in [2.75, 3.05) is 17.7 Å². The van der Waals surface area contributed by atoms with Gasteiger partial charge in [0.05, 0.1) is 29.4 Å². The molecule has 158 valence electrons. The minimum absolute atomic E-state index is 0.0249. The van der Waals surface area contributed by atoms with Crippen LogP contribution in [0.5, 0.6) is 5.75 Å². The monoisotopic (exact) mass is 421 g/mol. The molecule has 3 aromatic heterocycles. The Balaban J connectivity index is 1.57. The molecule has 0 radical (unpaired) electrons. The highest BCUT2D eigenvalue weighted by atomic mass is 19.1.